The lowest BCUT2D eigenvalue weighted by Gasteiger charge is -2.25. The van der Waals surface area contributed by atoms with Crippen molar-refractivity contribution in [2.24, 2.45) is 0 Å². The molecule has 3 atom stereocenters. The summed E-state index contributed by atoms with van der Waals surface area (Å²) < 4.78 is 20.8. The molecule has 6 heteroatoms. The molecule has 1 heterocycles. The molecule has 2 aliphatic rings. The number of rotatable bonds is 5. The number of benzene rings is 1. The van der Waals surface area contributed by atoms with Gasteiger partial charge in [0, 0.05) is 13.0 Å². The van der Waals surface area contributed by atoms with Crippen LogP contribution >= 0.6 is 0 Å². The van der Waals surface area contributed by atoms with Gasteiger partial charge in [0.15, 0.2) is 6.29 Å². The van der Waals surface area contributed by atoms with Crippen LogP contribution in [0.15, 0.2) is 42.5 Å². The van der Waals surface area contributed by atoms with E-state index in [1.807, 2.05) is 6.07 Å². The summed E-state index contributed by atoms with van der Waals surface area (Å²) in [7, 11) is 1.37. The van der Waals surface area contributed by atoms with Gasteiger partial charge in [-0.05, 0) is 43.4 Å². The zero-order valence-electron chi connectivity index (χ0n) is 15.1. The van der Waals surface area contributed by atoms with E-state index in [-0.39, 0.29) is 24.5 Å². The molecule has 1 saturated carbocycles. The van der Waals surface area contributed by atoms with Crippen molar-refractivity contribution >= 4 is 12.4 Å². The average Bonchev–Trinajstić information content (AvgIpc) is 3.02. The van der Waals surface area contributed by atoms with Crippen LogP contribution in [0.5, 0.6) is 0 Å². The quantitative estimate of drug-likeness (QED) is 0.455. The van der Waals surface area contributed by atoms with Crippen LogP contribution in [0.4, 0.5) is 0 Å². The van der Waals surface area contributed by atoms with Gasteiger partial charge in [-0.1, -0.05) is 24.8 Å². The maximum Gasteiger partial charge on any atom is 0.337 e. The molecule has 1 saturated heterocycles. The third-order valence-electron chi connectivity index (χ3n) is 4.32. The highest BCUT2D eigenvalue weighted by Gasteiger charge is 2.32. The van der Waals surface area contributed by atoms with Gasteiger partial charge in [0.05, 0.1) is 18.8 Å². The van der Waals surface area contributed by atoms with Gasteiger partial charge in [-0.2, -0.15) is 0 Å². The average molecular weight is 362 g/mol. The van der Waals surface area contributed by atoms with Crippen LogP contribution in [0, 0.1) is 0 Å². The van der Waals surface area contributed by atoms with Gasteiger partial charge in [-0.3, -0.25) is 4.79 Å². The van der Waals surface area contributed by atoms with Crippen LogP contribution in [0.3, 0.4) is 0 Å². The summed E-state index contributed by atoms with van der Waals surface area (Å²) in [5.74, 6) is -0.291. The Morgan fingerprint density at radius 1 is 1.27 bits per heavy atom. The highest BCUT2D eigenvalue weighted by atomic mass is 16.7. The maximum absolute atomic E-state index is 10.8. The maximum atomic E-state index is 10.8. The summed E-state index contributed by atoms with van der Waals surface area (Å²) in [5, 5.41) is 0. The first kappa shape index (κ1) is 20.1. The number of ether oxygens (including phenoxy) is 4. The summed E-state index contributed by atoms with van der Waals surface area (Å²) in [5.41, 5.74) is 1.53. The summed E-state index contributed by atoms with van der Waals surface area (Å²) >= 11 is 0. The molecule has 0 bridgehead atoms. The van der Waals surface area contributed by atoms with Crippen molar-refractivity contribution in [2.45, 2.75) is 50.6 Å². The van der Waals surface area contributed by atoms with Crippen LogP contribution in [0.25, 0.3) is 0 Å². The Labute approximate surface area is 154 Å². The van der Waals surface area contributed by atoms with Crippen molar-refractivity contribution < 1.29 is 28.5 Å². The van der Waals surface area contributed by atoms with Gasteiger partial charge < -0.3 is 18.9 Å². The fourth-order valence-corrected chi connectivity index (χ4v) is 2.96. The van der Waals surface area contributed by atoms with E-state index >= 15 is 0 Å². The SMILES string of the molecule is C=C1C[C@@H](OC2CCCCO2)C[C@H]1OC=O.COC(=O)c1ccccc1. The molecule has 1 aromatic rings. The Morgan fingerprint density at radius 3 is 2.65 bits per heavy atom. The van der Waals surface area contributed by atoms with Gasteiger partial charge in [0.25, 0.3) is 6.47 Å². The highest BCUT2D eigenvalue weighted by molar-refractivity contribution is 5.89. The second-order valence-corrected chi connectivity index (χ2v) is 6.23. The molecule has 0 N–H and O–H groups in total. The van der Waals surface area contributed by atoms with E-state index in [4.69, 9.17) is 14.2 Å². The fourth-order valence-electron chi connectivity index (χ4n) is 2.96. The minimum atomic E-state index is -0.291. The lowest BCUT2D eigenvalue weighted by atomic mass is 10.2. The summed E-state index contributed by atoms with van der Waals surface area (Å²) in [6.45, 7) is 5.16. The van der Waals surface area contributed by atoms with Crippen molar-refractivity contribution in [1.82, 2.24) is 0 Å². The molecule has 1 aromatic carbocycles. The topological polar surface area (TPSA) is 71.1 Å². The number of carbonyl (C=O) groups is 2. The van der Waals surface area contributed by atoms with Crippen molar-refractivity contribution in [2.75, 3.05) is 13.7 Å². The van der Waals surface area contributed by atoms with Crippen LogP contribution in [-0.4, -0.2) is 44.7 Å². The monoisotopic (exact) mass is 362 g/mol. The predicted octanol–water partition coefficient (Wildman–Crippen LogP) is 3.26. The van der Waals surface area contributed by atoms with E-state index in [2.05, 4.69) is 11.3 Å². The zero-order chi connectivity index (χ0) is 18.8. The molecule has 0 radical (unpaired) electrons. The normalized spacial score (nSPS) is 25.0. The number of hydrogen-bond acceptors (Lipinski definition) is 6. The Bertz CT molecular complexity index is 579. The van der Waals surface area contributed by atoms with Crippen LogP contribution in [-0.2, 0) is 23.7 Å². The standard InChI is InChI=1S/C12H18O4.C8H8O2/c1-9-6-10(7-11(9)15-8-13)16-12-4-2-3-5-14-12;1-10-8(9)7-5-3-2-4-6-7/h8,10-12H,1-7H2;2-6H,1H3/t10-,11-,12?;/m1./s1. The number of esters is 1. The van der Waals surface area contributed by atoms with Crippen LogP contribution < -0.4 is 0 Å². The molecule has 1 aliphatic carbocycles. The Balaban J connectivity index is 0.000000209. The molecular formula is C20H26O6. The second-order valence-electron chi connectivity index (χ2n) is 6.23. The predicted molar refractivity (Wildman–Crippen MR) is 95.6 cm³/mol. The molecule has 1 aliphatic heterocycles. The summed E-state index contributed by atoms with van der Waals surface area (Å²) in [6.07, 6.45) is 4.53. The van der Waals surface area contributed by atoms with E-state index in [0.29, 0.717) is 18.5 Å². The largest absolute Gasteiger partial charge is 0.465 e. The van der Waals surface area contributed by atoms with Crippen LogP contribution in [0.2, 0.25) is 0 Å². The van der Waals surface area contributed by atoms with Gasteiger partial charge in [0.2, 0.25) is 0 Å². The van der Waals surface area contributed by atoms with E-state index in [1.165, 1.54) is 7.11 Å². The Hall–Kier alpha value is -2.18. The molecule has 2 fully saturated rings. The van der Waals surface area contributed by atoms with Crippen molar-refractivity contribution in [3.8, 4) is 0 Å². The molecule has 142 valence electrons. The van der Waals surface area contributed by atoms with Crippen molar-refractivity contribution in [1.29, 1.82) is 0 Å². The molecule has 1 unspecified atom stereocenters. The lowest BCUT2D eigenvalue weighted by molar-refractivity contribution is -0.187. The van der Waals surface area contributed by atoms with Crippen molar-refractivity contribution in [3.63, 3.8) is 0 Å². The number of methoxy groups -OCH3 is 1. The summed E-state index contributed by atoms with van der Waals surface area (Å²) in [4.78, 5) is 21.1. The first-order valence-corrected chi connectivity index (χ1v) is 8.81. The fraction of sp³-hybridized carbons (Fsp3) is 0.500. The van der Waals surface area contributed by atoms with E-state index in [0.717, 1.165) is 37.9 Å². The summed E-state index contributed by atoms with van der Waals surface area (Å²) in [6, 6.07) is 8.88. The van der Waals surface area contributed by atoms with Gasteiger partial charge in [-0.25, -0.2) is 4.79 Å². The van der Waals surface area contributed by atoms with Crippen LogP contribution in [0.1, 0.15) is 42.5 Å². The molecular weight excluding hydrogens is 336 g/mol. The number of hydrogen-bond donors (Lipinski definition) is 0. The minimum Gasteiger partial charge on any atom is -0.465 e. The molecule has 3 rings (SSSR count). The third kappa shape index (κ3) is 6.28. The smallest absolute Gasteiger partial charge is 0.337 e. The molecule has 26 heavy (non-hydrogen) atoms. The van der Waals surface area contributed by atoms with E-state index in [9.17, 15) is 9.59 Å². The highest BCUT2D eigenvalue weighted by Crippen LogP contribution is 2.30. The van der Waals surface area contributed by atoms with E-state index in [1.54, 1.807) is 24.3 Å². The van der Waals surface area contributed by atoms with Gasteiger partial charge in [-0.15, -0.1) is 0 Å². The minimum absolute atomic E-state index is 0.0819. The molecule has 0 aromatic heterocycles. The first-order valence-electron chi connectivity index (χ1n) is 8.81. The molecule has 0 amide bonds. The van der Waals surface area contributed by atoms with Gasteiger partial charge in [0.1, 0.15) is 6.10 Å². The van der Waals surface area contributed by atoms with E-state index < -0.39 is 0 Å². The number of carbonyl (C=O) groups excluding carboxylic acids is 2. The lowest BCUT2D eigenvalue weighted by Crippen LogP contribution is -2.27. The Morgan fingerprint density at radius 2 is 2.04 bits per heavy atom. The second kappa shape index (κ2) is 10.7. The van der Waals surface area contributed by atoms with Crippen molar-refractivity contribution in [3.05, 3.63) is 48.0 Å². The van der Waals surface area contributed by atoms with Gasteiger partial charge >= 0.3 is 5.97 Å². The first-order chi connectivity index (χ1) is 12.6. The zero-order valence-corrected chi connectivity index (χ0v) is 15.1. The molecule has 0 spiro atoms. The third-order valence-corrected chi connectivity index (χ3v) is 4.32. The molecule has 6 nitrogen and oxygen atoms in total. The Kier molecular flexibility index (Phi) is 8.31.